The molecule has 4 rings (SSSR count). The van der Waals surface area contributed by atoms with Crippen molar-refractivity contribution in [2.45, 2.75) is 6.61 Å². The summed E-state index contributed by atoms with van der Waals surface area (Å²) in [5.41, 5.74) is 2.24. The molecule has 0 heterocycles. The molecule has 0 bridgehead atoms. The van der Waals surface area contributed by atoms with E-state index in [0.29, 0.717) is 23.8 Å². The van der Waals surface area contributed by atoms with Gasteiger partial charge in [0.15, 0.2) is 11.5 Å². The van der Waals surface area contributed by atoms with Gasteiger partial charge in [-0.15, -0.1) is 0 Å². The third-order valence-electron chi connectivity index (χ3n) is 5.33. The predicted molar refractivity (Wildman–Crippen MR) is 135 cm³/mol. The number of carbonyl (C=O) groups is 2. The maximum Gasteiger partial charge on any atom is 0.358 e. The molecule has 35 heavy (non-hydrogen) atoms. The lowest BCUT2D eigenvalue weighted by atomic mass is 10.1. The molecule has 0 saturated heterocycles. The second kappa shape index (κ2) is 11.0. The van der Waals surface area contributed by atoms with Crippen LogP contribution in [0.15, 0.2) is 91.0 Å². The normalized spacial score (nSPS) is 10.8. The number of carbonyl (C=O) groups excluding carboxylic acids is 2. The van der Waals surface area contributed by atoms with E-state index in [4.69, 9.17) is 15.4 Å². The first-order valence-corrected chi connectivity index (χ1v) is 10.8. The molecule has 4 aromatic rings. The van der Waals surface area contributed by atoms with Crippen LogP contribution in [0.2, 0.25) is 0 Å². The number of amides is 1. The van der Waals surface area contributed by atoms with Gasteiger partial charge in [0, 0.05) is 6.08 Å². The lowest BCUT2D eigenvalue weighted by Crippen LogP contribution is -2.15. The summed E-state index contributed by atoms with van der Waals surface area (Å²) in [5, 5.41) is 4.98. The summed E-state index contributed by atoms with van der Waals surface area (Å²) in [6.45, 7) is 0.392. The van der Waals surface area contributed by atoms with Crippen molar-refractivity contribution in [1.82, 2.24) is 0 Å². The van der Waals surface area contributed by atoms with E-state index in [0.717, 1.165) is 16.5 Å². The first-order valence-electron chi connectivity index (χ1n) is 10.8. The van der Waals surface area contributed by atoms with E-state index in [1.807, 2.05) is 24.3 Å². The zero-order chi connectivity index (χ0) is 24.6. The zero-order valence-electron chi connectivity index (χ0n) is 19.1. The summed E-state index contributed by atoms with van der Waals surface area (Å²) in [6.07, 6.45) is 2.99. The number of nitrogens with one attached hydrogen (secondary N) is 1. The topological polar surface area (TPSA) is 99.9 Å². The van der Waals surface area contributed by atoms with Crippen LogP contribution in [-0.4, -0.2) is 19.0 Å². The van der Waals surface area contributed by atoms with Gasteiger partial charge in [-0.05, 0) is 58.3 Å². The maximum atomic E-state index is 12.4. The highest BCUT2D eigenvalue weighted by Crippen LogP contribution is 2.29. The van der Waals surface area contributed by atoms with Crippen LogP contribution < -0.4 is 20.7 Å². The van der Waals surface area contributed by atoms with Crippen molar-refractivity contribution in [1.29, 1.82) is 0 Å². The van der Waals surface area contributed by atoms with Crippen LogP contribution in [0.1, 0.15) is 21.5 Å². The Kier molecular flexibility index (Phi) is 7.40. The first kappa shape index (κ1) is 23.5. The molecule has 3 N–H and O–H groups in total. The molecule has 1 amide bonds. The fourth-order valence-corrected chi connectivity index (χ4v) is 3.58. The second-order valence-corrected chi connectivity index (χ2v) is 7.65. The lowest BCUT2D eigenvalue weighted by Gasteiger charge is -2.12. The van der Waals surface area contributed by atoms with Gasteiger partial charge in [0.2, 0.25) is 5.91 Å². The van der Waals surface area contributed by atoms with E-state index in [2.05, 4.69) is 34.4 Å². The molecular formula is C28H24N2O5. The monoisotopic (exact) mass is 468 g/mol. The largest absolute Gasteiger partial charge is 0.493 e. The Morgan fingerprint density at radius 1 is 0.886 bits per heavy atom. The minimum atomic E-state index is -0.742. The Morgan fingerprint density at radius 2 is 1.66 bits per heavy atom. The van der Waals surface area contributed by atoms with Gasteiger partial charge in [-0.2, -0.15) is 5.90 Å². The van der Waals surface area contributed by atoms with E-state index in [9.17, 15) is 9.59 Å². The molecule has 0 aliphatic carbocycles. The molecule has 0 unspecified atom stereocenters. The Bertz CT molecular complexity index is 1400. The van der Waals surface area contributed by atoms with Crippen molar-refractivity contribution in [3.05, 3.63) is 108 Å². The Hall–Kier alpha value is -4.62. The van der Waals surface area contributed by atoms with Gasteiger partial charge in [0.25, 0.3) is 0 Å². The molecule has 0 atom stereocenters. The minimum Gasteiger partial charge on any atom is -0.493 e. The molecule has 0 saturated carbocycles. The number of hydrogen-bond acceptors (Lipinski definition) is 6. The molecule has 0 aliphatic rings. The van der Waals surface area contributed by atoms with Crippen molar-refractivity contribution in [3.8, 4) is 11.5 Å². The number of para-hydroxylation sites is 1. The number of nitrogens with two attached hydrogens (primary N) is 1. The molecule has 0 fully saturated rings. The van der Waals surface area contributed by atoms with Crippen molar-refractivity contribution < 1.29 is 23.9 Å². The number of anilines is 1. The number of fused-ring (bicyclic) bond motifs is 1. The van der Waals surface area contributed by atoms with Gasteiger partial charge in [0.1, 0.15) is 6.61 Å². The maximum absolute atomic E-state index is 12.4. The molecule has 4 aromatic carbocycles. The van der Waals surface area contributed by atoms with Crippen molar-refractivity contribution in [3.63, 3.8) is 0 Å². The number of benzene rings is 4. The summed E-state index contributed by atoms with van der Waals surface area (Å²) in [4.78, 5) is 28.4. The van der Waals surface area contributed by atoms with E-state index in [1.165, 1.54) is 17.5 Å². The van der Waals surface area contributed by atoms with Gasteiger partial charge in [-0.1, -0.05) is 54.6 Å². The fraction of sp³-hybridized carbons (Fsp3) is 0.0714. The molecule has 0 aromatic heterocycles. The van der Waals surface area contributed by atoms with E-state index in [1.54, 1.807) is 43.5 Å². The van der Waals surface area contributed by atoms with Crippen LogP contribution in [0.4, 0.5) is 5.69 Å². The summed E-state index contributed by atoms with van der Waals surface area (Å²) in [6, 6.07) is 26.2. The number of methoxy groups -OCH3 is 1. The van der Waals surface area contributed by atoms with Gasteiger partial charge in [0.05, 0.1) is 18.4 Å². The number of hydrogen-bond donors (Lipinski definition) is 2. The molecule has 7 heteroatoms. The Labute approximate surface area is 202 Å². The van der Waals surface area contributed by atoms with E-state index >= 15 is 0 Å². The smallest absolute Gasteiger partial charge is 0.358 e. The van der Waals surface area contributed by atoms with Crippen LogP contribution in [0, 0.1) is 0 Å². The van der Waals surface area contributed by atoms with Crippen molar-refractivity contribution in [2.24, 2.45) is 5.90 Å². The second-order valence-electron chi connectivity index (χ2n) is 7.65. The zero-order valence-corrected chi connectivity index (χ0v) is 19.1. The van der Waals surface area contributed by atoms with Crippen LogP contribution in [-0.2, 0) is 16.2 Å². The Morgan fingerprint density at radius 3 is 2.46 bits per heavy atom. The summed E-state index contributed by atoms with van der Waals surface area (Å²) in [7, 11) is 1.56. The standard InChI is InChI=1S/C28H24N2O5/c1-33-26-17-19(12-15-27(31)30-24-9-5-4-8-23(24)28(32)35-29)11-14-25(26)34-18-20-10-13-21-6-2-3-7-22(21)16-20/h2-17H,18,29H2,1H3,(H,30,31)/b15-12+. The summed E-state index contributed by atoms with van der Waals surface area (Å²) < 4.78 is 11.5. The molecule has 0 aliphatic heterocycles. The summed E-state index contributed by atoms with van der Waals surface area (Å²) >= 11 is 0. The SMILES string of the molecule is COc1cc(/C=C/C(=O)Nc2ccccc2C(=O)ON)ccc1OCc1ccc2ccccc2c1. The van der Waals surface area contributed by atoms with E-state index in [-0.39, 0.29) is 5.56 Å². The third-order valence-corrected chi connectivity index (χ3v) is 5.33. The summed E-state index contributed by atoms with van der Waals surface area (Å²) in [5.74, 6) is 4.94. The van der Waals surface area contributed by atoms with Crippen LogP contribution in [0.3, 0.4) is 0 Å². The highest BCUT2D eigenvalue weighted by atomic mass is 16.7. The molecule has 7 nitrogen and oxygen atoms in total. The average Bonchev–Trinajstić information content (AvgIpc) is 2.90. The third kappa shape index (κ3) is 5.85. The van der Waals surface area contributed by atoms with Gasteiger partial charge >= 0.3 is 5.97 Å². The van der Waals surface area contributed by atoms with E-state index < -0.39 is 11.9 Å². The average molecular weight is 469 g/mol. The highest BCUT2D eigenvalue weighted by Gasteiger charge is 2.13. The molecule has 176 valence electrons. The number of rotatable bonds is 8. The predicted octanol–water partition coefficient (Wildman–Crippen LogP) is 5.11. The van der Waals surface area contributed by atoms with Crippen LogP contribution >= 0.6 is 0 Å². The van der Waals surface area contributed by atoms with Gasteiger partial charge in [-0.3, -0.25) is 4.79 Å². The lowest BCUT2D eigenvalue weighted by molar-refractivity contribution is -0.111. The van der Waals surface area contributed by atoms with Gasteiger partial charge < -0.3 is 19.6 Å². The Balaban J connectivity index is 1.42. The fourth-order valence-electron chi connectivity index (χ4n) is 3.58. The minimum absolute atomic E-state index is 0.159. The molecule has 0 radical (unpaired) electrons. The van der Waals surface area contributed by atoms with Crippen molar-refractivity contribution in [2.75, 3.05) is 12.4 Å². The highest BCUT2D eigenvalue weighted by molar-refractivity contribution is 6.06. The van der Waals surface area contributed by atoms with Crippen LogP contribution in [0.5, 0.6) is 11.5 Å². The van der Waals surface area contributed by atoms with Crippen LogP contribution in [0.25, 0.3) is 16.8 Å². The quantitative estimate of drug-likeness (QED) is 0.275. The number of ether oxygens (including phenoxy) is 2. The first-order chi connectivity index (χ1) is 17.1. The van der Waals surface area contributed by atoms with Gasteiger partial charge in [-0.25, -0.2) is 4.79 Å². The molecule has 0 spiro atoms. The molecular weight excluding hydrogens is 444 g/mol. The van der Waals surface area contributed by atoms with Crippen molar-refractivity contribution >= 4 is 34.4 Å².